The lowest BCUT2D eigenvalue weighted by molar-refractivity contribution is 0.0845. The smallest absolute Gasteiger partial charge is 0.219 e. The van der Waals surface area contributed by atoms with Crippen LogP contribution in [0.4, 0.5) is 26.0 Å². The maximum Gasteiger partial charge on any atom is 0.219 e. The number of aromatic amines is 1. The highest BCUT2D eigenvalue weighted by Gasteiger charge is 2.27. The first kappa shape index (κ1) is 26.9. The van der Waals surface area contributed by atoms with E-state index in [1.165, 1.54) is 29.2 Å². The van der Waals surface area contributed by atoms with Crippen LogP contribution in [-0.2, 0) is 4.74 Å². The number of rotatable bonds is 6. The number of para-hydroxylation sites is 1. The summed E-state index contributed by atoms with van der Waals surface area (Å²) in [5.74, 6) is -2.39. The number of halogens is 2. The molecule has 5 aromatic rings. The Labute approximate surface area is 245 Å². The third-order valence-corrected chi connectivity index (χ3v) is 8.05. The molecule has 4 N–H and O–H groups in total. The number of aryl methyl sites for hydroxylation is 1. The van der Waals surface area contributed by atoms with Crippen molar-refractivity contribution < 1.29 is 23.0 Å². The summed E-state index contributed by atoms with van der Waals surface area (Å²) in [7, 11) is 0. The van der Waals surface area contributed by atoms with Gasteiger partial charge in [0.15, 0.2) is 11.6 Å². The van der Waals surface area contributed by atoms with Gasteiger partial charge in [0.1, 0.15) is 5.82 Å². The van der Waals surface area contributed by atoms with E-state index in [1.54, 1.807) is 6.92 Å². The Morgan fingerprint density at radius 2 is 1.88 bits per heavy atom. The van der Waals surface area contributed by atoms with Gasteiger partial charge in [-0.15, -0.1) is 0 Å². The number of pyridine rings is 1. The van der Waals surface area contributed by atoms with E-state index in [9.17, 15) is 13.6 Å². The molecule has 0 radical (unpaired) electrons. The van der Waals surface area contributed by atoms with E-state index in [0.29, 0.717) is 23.0 Å². The Balaban J connectivity index is 1.15. The van der Waals surface area contributed by atoms with Gasteiger partial charge in [0.25, 0.3) is 0 Å². The highest BCUT2D eigenvalue weighted by molar-refractivity contribution is 6.13. The molecule has 220 valence electrons. The molecule has 10 nitrogen and oxygen atoms in total. The van der Waals surface area contributed by atoms with Crippen molar-refractivity contribution >= 4 is 33.9 Å². The van der Waals surface area contributed by atoms with Gasteiger partial charge in [-0.05, 0) is 55.7 Å². The van der Waals surface area contributed by atoms with Crippen LogP contribution in [-0.4, -0.2) is 57.9 Å². The monoisotopic (exact) mass is 585 g/mol. The summed E-state index contributed by atoms with van der Waals surface area (Å²) in [6, 6.07) is 11.4. The number of hydrogen-bond donors (Lipinski definition) is 3. The number of hydrogen-bond acceptors (Lipinski definition) is 8. The van der Waals surface area contributed by atoms with Crippen LogP contribution in [0.2, 0.25) is 0 Å². The molecule has 3 aromatic heterocycles. The van der Waals surface area contributed by atoms with Gasteiger partial charge in [-0.3, -0.25) is 4.79 Å². The number of nitrogens with two attached hydrogens (primary N) is 1. The molecule has 43 heavy (non-hydrogen) atoms. The van der Waals surface area contributed by atoms with E-state index in [-0.39, 0.29) is 23.0 Å². The highest BCUT2D eigenvalue weighted by atomic mass is 19.1. The summed E-state index contributed by atoms with van der Waals surface area (Å²) in [5.41, 5.74) is 11.2. The van der Waals surface area contributed by atoms with Crippen molar-refractivity contribution in [3.05, 3.63) is 83.3 Å². The summed E-state index contributed by atoms with van der Waals surface area (Å²) >= 11 is 0. The molecule has 7 rings (SSSR count). The standard InChI is InChI=1S/C31H29F2N7O3/c1-17-11-28(43-30-21(32)3-2-4-22(30)33)36-16-27(17)40-31(34)20(15-37-40)29(41)25-12-18-13-26-24(14-23(18)38-25)35-7-8-39(26)19-5-9-42-10-6-19/h2-4,11-16,19,35,38H,5-10,34H2,1H3. The summed E-state index contributed by atoms with van der Waals surface area (Å²) in [6.45, 7) is 5.05. The normalized spacial score (nSPS) is 15.4. The Bertz CT molecular complexity index is 1840. The van der Waals surface area contributed by atoms with Crippen LogP contribution in [0.5, 0.6) is 11.6 Å². The fraction of sp³-hybridized carbons (Fsp3) is 0.258. The number of anilines is 3. The maximum absolute atomic E-state index is 14.0. The predicted octanol–water partition coefficient (Wildman–Crippen LogP) is 5.35. The second-order valence-corrected chi connectivity index (χ2v) is 10.7. The van der Waals surface area contributed by atoms with Crippen molar-refractivity contribution in [1.82, 2.24) is 19.7 Å². The molecular weight excluding hydrogens is 556 g/mol. The number of nitrogen functional groups attached to an aromatic ring is 1. The van der Waals surface area contributed by atoms with Crippen LogP contribution >= 0.6 is 0 Å². The largest absolute Gasteiger partial charge is 0.433 e. The third-order valence-electron chi connectivity index (χ3n) is 8.05. The van der Waals surface area contributed by atoms with Crippen LogP contribution in [0.15, 0.2) is 54.9 Å². The molecule has 0 saturated carbocycles. The number of fused-ring (bicyclic) bond motifs is 2. The lowest BCUT2D eigenvalue weighted by atomic mass is 10.0. The van der Waals surface area contributed by atoms with Crippen molar-refractivity contribution in [2.45, 2.75) is 25.8 Å². The SMILES string of the molecule is Cc1cc(Oc2c(F)cccc2F)ncc1-n1ncc(C(=O)c2cc3cc4c(cc3[nH]2)NCCN4C2CCOCC2)c1N. The number of ketones is 1. The number of nitrogens with one attached hydrogen (secondary N) is 2. The average Bonchev–Trinajstić information content (AvgIpc) is 3.61. The van der Waals surface area contributed by atoms with E-state index in [0.717, 1.165) is 73.6 Å². The number of aromatic nitrogens is 4. The van der Waals surface area contributed by atoms with Gasteiger partial charge in [-0.25, -0.2) is 18.4 Å². The van der Waals surface area contributed by atoms with E-state index in [4.69, 9.17) is 15.2 Å². The number of benzene rings is 2. The van der Waals surface area contributed by atoms with Crippen LogP contribution < -0.4 is 20.7 Å². The molecule has 2 aliphatic heterocycles. The first-order valence-corrected chi connectivity index (χ1v) is 14.1. The van der Waals surface area contributed by atoms with E-state index >= 15 is 0 Å². The van der Waals surface area contributed by atoms with Crippen molar-refractivity contribution in [2.24, 2.45) is 0 Å². The number of carbonyl (C=O) groups is 1. The minimum absolute atomic E-state index is 0.00192. The number of nitrogens with zero attached hydrogens (tertiary/aromatic N) is 4. The summed E-state index contributed by atoms with van der Waals surface area (Å²) in [5, 5.41) is 8.76. The molecule has 0 spiro atoms. The third kappa shape index (κ3) is 4.83. The van der Waals surface area contributed by atoms with Gasteiger partial charge in [0.05, 0.1) is 40.7 Å². The second-order valence-electron chi connectivity index (χ2n) is 10.7. The van der Waals surface area contributed by atoms with Crippen LogP contribution in [0.25, 0.3) is 16.6 Å². The van der Waals surface area contributed by atoms with Crippen molar-refractivity contribution in [2.75, 3.05) is 42.3 Å². The van der Waals surface area contributed by atoms with Crippen LogP contribution in [0.3, 0.4) is 0 Å². The molecule has 0 unspecified atom stereocenters. The maximum atomic E-state index is 14.0. The number of ether oxygens (including phenoxy) is 2. The molecule has 2 aromatic carbocycles. The summed E-state index contributed by atoms with van der Waals surface area (Å²) in [6.07, 6.45) is 4.83. The van der Waals surface area contributed by atoms with Gasteiger partial charge in [-0.1, -0.05) is 6.07 Å². The first-order valence-electron chi connectivity index (χ1n) is 14.1. The van der Waals surface area contributed by atoms with Crippen LogP contribution in [0, 0.1) is 18.6 Å². The zero-order chi connectivity index (χ0) is 29.7. The Morgan fingerprint density at radius 3 is 2.65 bits per heavy atom. The summed E-state index contributed by atoms with van der Waals surface area (Å²) in [4.78, 5) is 23.5. The zero-order valence-corrected chi connectivity index (χ0v) is 23.4. The molecule has 5 heterocycles. The molecule has 1 fully saturated rings. The average molecular weight is 586 g/mol. The first-order chi connectivity index (χ1) is 20.9. The molecule has 0 atom stereocenters. The van der Waals surface area contributed by atoms with Crippen molar-refractivity contribution in [3.8, 4) is 17.3 Å². The molecule has 2 aliphatic rings. The van der Waals surface area contributed by atoms with Gasteiger partial charge in [0, 0.05) is 49.3 Å². The van der Waals surface area contributed by atoms with E-state index in [1.807, 2.05) is 12.1 Å². The molecule has 1 saturated heterocycles. The van der Waals surface area contributed by atoms with E-state index < -0.39 is 17.4 Å². The predicted molar refractivity (Wildman–Crippen MR) is 158 cm³/mol. The van der Waals surface area contributed by atoms with Crippen molar-refractivity contribution in [1.29, 1.82) is 0 Å². The van der Waals surface area contributed by atoms with Gasteiger partial charge in [0.2, 0.25) is 17.4 Å². The summed E-state index contributed by atoms with van der Waals surface area (Å²) < 4.78 is 40.4. The fourth-order valence-corrected chi connectivity index (χ4v) is 5.83. The lowest BCUT2D eigenvalue weighted by Crippen LogP contribution is -2.44. The molecule has 0 bridgehead atoms. The second kappa shape index (κ2) is 10.7. The number of carbonyl (C=O) groups excluding carboxylic acids is 1. The van der Waals surface area contributed by atoms with Gasteiger partial charge in [-0.2, -0.15) is 5.10 Å². The molecule has 0 amide bonds. The van der Waals surface area contributed by atoms with Crippen LogP contribution in [0.1, 0.15) is 34.5 Å². The number of H-pyrrole nitrogens is 1. The molecule has 12 heteroatoms. The van der Waals surface area contributed by atoms with Gasteiger partial charge >= 0.3 is 0 Å². The lowest BCUT2D eigenvalue weighted by Gasteiger charge is -2.40. The minimum Gasteiger partial charge on any atom is -0.433 e. The quantitative estimate of drug-likeness (QED) is 0.228. The van der Waals surface area contributed by atoms with E-state index in [2.05, 4.69) is 31.3 Å². The fourth-order valence-electron chi connectivity index (χ4n) is 5.83. The molecular formula is C31H29F2N7O3. The molecule has 0 aliphatic carbocycles. The minimum atomic E-state index is -0.840. The Kier molecular flexibility index (Phi) is 6.69. The van der Waals surface area contributed by atoms with Gasteiger partial charge < -0.3 is 30.4 Å². The highest BCUT2D eigenvalue weighted by Crippen LogP contribution is 2.37. The zero-order valence-electron chi connectivity index (χ0n) is 23.4. The topological polar surface area (TPSA) is 123 Å². The Morgan fingerprint density at radius 1 is 1.09 bits per heavy atom. The van der Waals surface area contributed by atoms with Crippen molar-refractivity contribution in [3.63, 3.8) is 0 Å². The Hall–Kier alpha value is -4.97.